The second-order valence-corrected chi connectivity index (χ2v) is 8.29. The lowest BCUT2D eigenvalue weighted by Gasteiger charge is -2.51. The molecule has 140 valence electrons. The lowest BCUT2D eigenvalue weighted by Crippen LogP contribution is -2.56. The molecule has 2 fully saturated rings. The monoisotopic (exact) mass is 363 g/mol. The molecule has 3 aromatic heterocycles. The maximum atomic E-state index is 9.83. The van der Waals surface area contributed by atoms with Gasteiger partial charge in [-0.3, -0.25) is 0 Å². The van der Waals surface area contributed by atoms with Gasteiger partial charge >= 0.3 is 0 Å². The summed E-state index contributed by atoms with van der Waals surface area (Å²) >= 11 is 0. The Morgan fingerprint density at radius 3 is 2.48 bits per heavy atom. The van der Waals surface area contributed by atoms with Crippen LogP contribution >= 0.6 is 0 Å². The van der Waals surface area contributed by atoms with Crippen LogP contribution in [0, 0.1) is 5.41 Å². The van der Waals surface area contributed by atoms with Crippen molar-refractivity contribution < 1.29 is 5.11 Å². The van der Waals surface area contributed by atoms with Gasteiger partial charge in [-0.1, -0.05) is 0 Å². The van der Waals surface area contributed by atoms with Crippen molar-refractivity contribution in [2.75, 3.05) is 19.7 Å². The number of nitrogens with one attached hydrogen (secondary N) is 1. The minimum atomic E-state index is 0.0170. The summed E-state index contributed by atoms with van der Waals surface area (Å²) in [6.45, 7) is 2.51. The van der Waals surface area contributed by atoms with Crippen molar-refractivity contribution in [3.63, 3.8) is 0 Å². The first-order valence-corrected chi connectivity index (χ1v) is 9.79. The topological polar surface area (TPSA) is 75.3 Å². The summed E-state index contributed by atoms with van der Waals surface area (Å²) in [7, 11) is 0. The molecule has 0 bridgehead atoms. The summed E-state index contributed by atoms with van der Waals surface area (Å²) in [5, 5.41) is 17.9. The standard InChI is InChI=1S/C21H25N5O/c27-8-6-21(4-2-20(3-5-21)13-24-14-20)18-12-25-26-7-1-16(9-19(18)26)17-10-22-15-23-11-17/h1,7,9-12,15,24,27H,2-6,8,13-14H2. The van der Waals surface area contributed by atoms with Crippen molar-refractivity contribution in [1.82, 2.24) is 24.9 Å². The smallest absolute Gasteiger partial charge is 0.115 e. The molecule has 1 saturated carbocycles. The Bertz CT molecular complexity index is 938. The first-order valence-electron chi connectivity index (χ1n) is 9.79. The van der Waals surface area contributed by atoms with E-state index in [9.17, 15) is 5.11 Å². The fraction of sp³-hybridized carbons (Fsp3) is 0.476. The van der Waals surface area contributed by atoms with Gasteiger partial charge < -0.3 is 10.4 Å². The Hall–Kier alpha value is -2.31. The minimum absolute atomic E-state index is 0.0170. The van der Waals surface area contributed by atoms with Crippen LogP contribution < -0.4 is 5.32 Å². The summed E-state index contributed by atoms with van der Waals surface area (Å²) < 4.78 is 1.96. The predicted molar refractivity (Wildman–Crippen MR) is 103 cm³/mol. The molecule has 2 aliphatic rings. The molecule has 1 aliphatic carbocycles. The second-order valence-electron chi connectivity index (χ2n) is 8.29. The molecule has 2 N–H and O–H groups in total. The normalized spacial score (nSPS) is 20.6. The molecule has 1 spiro atoms. The van der Waals surface area contributed by atoms with Crippen LogP contribution in [-0.4, -0.2) is 44.4 Å². The Labute approximate surface area is 158 Å². The van der Waals surface area contributed by atoms with E-state index in [0.29, 0.717) is 5.41 Å². The molecule has 6 heteroatoms. The molecule has 0 radical (unpaired) electrons. The number of rotatable bonds is 4. The van der Waals surface area contributed by atoms with Crippen molar-refractivity contribution in [3.8, 4) is 11.1 Å². The van der Waals surface area contributed by atoms with Crippen LogP contribution in [0.4, 0.5) is 0 Å². The molecule has 1 saturated heterocycles. The third-order valence-corrected chi connectivity index (χ3v) is 6.84. The highest BCUT2D eigenvalue weighted by atomic mass is 16.3. The Balaban J connectivity index is 1.56. The second kappa shape index (κ2) is 6.39. The van der Waals surface area contributed by atoms with E-state index in [1.165, 1.54) is 18.4 Å². The van der Waals surface area contributed by atoms with Gasteiger partial charge in [0.2, 0.25) is 0 Å². The number of hydrogen-bond acceptors (Lipinski definition) is 5. The number of aliphatic hydroxyl groups excluding tert-OH is 1. The third kappa shape index (κ3) is 2.75. The van der Waals surface area contributed by atoms with E-state index in [-0.39, 0.29) is 12.0 Å². The van der Waals surface area contributed by atoms with Gasteiger partial charge in [0.1, 0.15) is 6.33 Å². The maximum absolute atomic E-state index is 9.83. The van der Waals surface area contributed by atoms with Gasteiger partial charge in [0.25, 0.3) is 0 Å². The maximum Gasteiger partial charge on any atom is 0.115 e. The Kier molecular flexibility index (Phi) is 3.98. The van der Waals surface area contributed by atoms with Gasteiger partial charge in [0.05, 0.1) is 11.7 Å². The van der Waals surface area contributed by atoms with Crippen molar-refractivity contribution in [2.24, 2.45) is 5.41 Å². The van der Waals surface area contributed by atoms with Crippen LogP contribution in [-0.2, 0) is 5.41 Å². The van der Waals surface area contributed by atoms with Crippen LogP contribution in [0.2, 0.25) is 0 Å². The molecule has 4 heterocycles. The third-order valence-electron chi connectivity index (χ3n) is 6.84. The van der Waals surface area contributed by atoms with Gasteiger partial charge in [0, 0.05) is 54.8 Å². The van der Waals surface area contributed by atoms with Crippen LogP contribution in [0.1, 0.15) is 37.7 Å². The van der Waals surface area contributed by atoms with Crippen molar-refractivity contribution >= 4 is 5.52 Å². The molecular formula is C21H25N5O. The van der Waals surface area contributed by atoms with E-state index in [2.05, 4.69) is 32.5 Å². The zero-order chi connectivity index (χ0) is 18.3. The molecule has 0 atom stereocenters. The predicted octanol–water partition coefficient (Wildman–Crippen LogP) is 2.58. The molecule has 3 aromatic rings. The highest BCUT2D eigenvalue weighted by Crippen LogP contribution is 2.51. The number of fused-ring (bicyclic) bond motifs is 1. The number of aromatic nitrogens is 4. The highest BCUT2D eigenvalue weighted by Gasteiger charge is 2.47. The average molecular weight is 363 g/mol. The molecule has 0 unspecified atom stereocenters. The Morgan fingerprint density at radius 1 is 1.04 bits per heavy atom. The van der Waals surface area contributed by atoms with E-state index >= 15 is 0 Å². The van der Waals surface area contributed by atoms with Gasteiger partial charge in [0.15, 0.2) is 0 Å². The first-order chi connectivity index (χ1) is 13.2. The van der Waals surface area contributed by atoms with Gasteiger partial charge in [-0.05, 0) is 55.2 Å². The molecule has 5 rings (SSSR count). The lowest BCUT2D eigenvalue weighted by molar-refractivity contribution is 0.0576. The quantitative estimate of drug-likeness (QED) is 0.745. The van der Waals surface area contributed by atoms with E-state index in [1.807, 2.05) is 29.3 Å². The van der Waals surface area contributed by atoms with E-state index in [1.54, 1.807) is 6.33 Å². The zero-order valence-electron chi connectivity index (χ0n) is 15.4. The molecule has 6 nitrogen and oxygen atoms in total. The number of pyridine rings is 1. The number of nitrogens with zero attached hydrogens (tertiary/aromatic N) is 4. The van der Waals surface area contributed by atoms with Crippen LogP contribution in [0.15, 0.2) is 43.2 Å². The SMILES string of the molecule is OCCC1(c2cnn3ccc(-c4cncnc4)cc23)CCC2(CC1)CNC2. The molecule has 0 amide bonds. The summed E-state index contributed by atoms with van der Waals surface area (Å²) in [6, 6.07) is 4.24. The number of aliphatic hydroxyl groups is 1. The van der Waals surface area contributed by atoms with E-state index in [4.69, 9.17) is 0 Å². The van der Waals surface area contributed by atoms with Gasteiger partial charge in [-0.15, -0.1) is 0 Å². The van der Waals surface area contributed by atoms with Crippen molar-refractivity contribution in [1.29, 1.82) is 0 Å². The molecule has 1 aliphatic heterocycles. The molecular weight excluding hydrogens is 338 g/mol. The summed E-state index contributed by atoms with van der Waals surface area (Å²) in [4.78, 5) is 8.29. The largest absolute Gasteiger partial charge is 0.396 e. The molecule has 0 aromatic carbocycles. The zero-order valence-corrected chi connectivity index (χ0v) is 15.4. The molecule has 27 heavy (non-hydrogen) atoms. The summed E-state index contributed by atoms with van der Waals surface area (Å²) in [5.41, 5.74) is 5.02. The van der Waals surface area contributed by atoms with Crippen molar-refractivity contribution in [2.45, 2.75) is 37.5 Å². The minimum Gasteiger partial charge on any atom is -0.396 e. The van der Waals surface area contributed by atoms with Gasteiger partial charge in [-0.25, -0.2) is 14.5 Å². The Morgan fingerprint density at radius 2 is 1.81 bits per heavy atom. The highest BCUT2D eigenvalue weighted by molar-refractivity contribution is 5.70. The van der Waals surface area contributed by atoms with Gasteiger partial charge in [-0.2, -0.15) is 5.10 Å². The van der Waals surface area contributed by atoms with Crippen LogP contribution in [0.5, 0.6) is 0 Å². The fourth-order valence-corrected chi connectivity index (χ4v) is 4.98. The van der Waals surface area contributed by atoms with Crippen molar-refractivity contribution in [3.05, 3.63) is 48.8 Å². The van der Waals surface area contributed by atoms with Crippen LogP contribution in [0.25, 0.3) is 16.6 Å². The fourth-order valence-electron chi connectivity index (χ4n) is 4.98. The number of hydrogen-bond donors (Lipinski definition) is 2. The summed E-state index contributed by atoms with van der Waals surface area (Å²) in [6.07, 6.45) is 14.8. The average Bonchev–Trinajstić information content (AvgIpc) is 3.12. The summed E-state index contributed by atoms with van der Waals surface area (Å²) in [5.74, 6) is 0. The van der Waals surface area contributed by atoms with Crippen LogP contribution in [0.3, 0.4) is 0 Å². The van der Waals surface area contributed by atoms with E-state index < -0.39 is 0 Å². The first kappa shape index (κ1) is 16.8. The van der Waals surface area contributed by atoms with E-state index in [0.717, 1.165) is 49.0 Å². The lowest BCUT2D eigenvalue weighted by atomic mass is 9.58.